The van der Waals surface area contributed by atoms with Gasteiger partial charge in [0, 0.05) is 6.20 Å². The van der Waals surface area contributed by atoms with Crippen LogP contribution < -0.4 is 0 Å². The van der Waals surface area contributed by atoms with E-state index < -0.39 is 11.7 Å². The van der Waals surface area contributed by atoms with Crippen LogP contribution in [0, 0.1) is 0 Å². The Morgan fingerprint density at radius 2 is 1.95 bits per heavy atom. The van der Waals surface area contributed by atoms with Crippen LogP contribution in [-0.2, 0) is 12.8 Å². The number of nitrogens with zero attached hydrogens (tertiary/aromatic N) is 3. The maximum Gasteiger partial charge on any atom is 0.416 e. The lowest BCUT2D eigenvalue weighted by atomic mass is 10.1. The summed E-state index contributed by atoms with van der Waals surface area (Å²) < 4.78 is 39.9. The van der Waals surface area contributed by atoms with Gasteiger partial charge in [0.25, 0.3) is 0 Å². The molecule has 3 aromatic rings. The molecule has 4 nitrogen and oxygen atoms in total. The molecule has 0 aliphatic heterocycles. The fourth-order valence-electron chi connectivity index (χ4n) is 2.15. The lowest BCUT2D eigenvalue weighted by molar-refractivity contribution is -0.137. The Morgan fingerprint density at radius 3 is 2.67 bits per heavy atom. The monoisotopic (exact) mass is 293 g/mol. The molecular weight excluding hydrogens is 283 g/mol. The molecule has 3 rings (SSSR count). The van der Waals surface area contributed by atoms with Gasteiger partial charge in [-0.2, -0.15) is 13.2 Å². The van der Waals surface area contributed by atoms with Crippen molar-refractivity contribution in [1.29, 1.82) is 0 Å². The molecule has 0 aliphatic rings. The van der Waals surface area contributed by atoms with Crippen molar-refractivity contribution < 1.29 is 18.3 Å². The van der Waals surface area contributed by atoms with Gasteiger partial charge in [0.2, 0.25) is 0 Å². The third kappa shape index (κ3) is 2.36. The van der Waals surface area contributed by atoms with Crippen LogP contribution >= 0.6 is 0 Å². The Morgan fingerprint density at radius 1 is 1.14 bits per heavy atom. The largest absolute Gasteiger partial charge is 0.416 e. The Kier molecular flexibility index (Phi) is 3.13. The second-order valence-corrected chi connectivity index (χ2v) is 4.45. The van der Waals surface area contributed by atoms with E-state index in [1.54, 1.807) is 16.5 Å². The van der Waals surface area contributed by atoms with Crippen molar-refractivity contribution in [3.63, 3.8) is 0 Å². The lowest BCUT2D eigenvalue weighted by Crippen LogP contribution is -2.05. The maximum absolute atomic E-state index is 12.8. The number of aliphatic hydroxyl groups is 1. The number of rotatable bonds is 2. The summed E-state index contributed by atoms with van der Waals surface area (Å²) in [6, 6.07) is 6.64. The zero-order chi connectivity index (χ0) is 15.0. The van der Waals surface area contributed by atoms with Gasteiger partial charge in [0.15, 0.2) is 5.65 Å². The van der Waals surface area contributed by atoms with Gasteiger partial charge in [0.1, 0.15) is 12.0 Å². The summed E-state index contributed by atoms with van der Waals surface area (Å²) >= 11 is 0. The van der Waals surface area contributed by atoms with E-state index in [-0.39, 0.29) is 6.61 Å². The first-order valence-electron chi connectivity index (χ1n) is 6.10. The predicted octanol–water partition coefficient (Wildman–Crippen LogP) is 2.91. The number of imidazole rings is 1. The third-order valence-corrected chi connectivity index (χ3v) is 3.14. The van der Waals surface area contributed by atoms with E-state index in [0.717, 1.165) is 12.1 Å². The Balaban J connectivity index is 2.19. The number of benzene rings is 1. The highest BCUT2D eigenvalue weighted by molar-refractivity contribution is 5.64. The van der Waals surface area contributed by atoms with E-state index in [9.17, 15) is 18.3 Å². The highest BCUT2D eigenvalue weighted by atomic mass is 19.4. The van der Waals surface area contributed by atoms with Crippen molar-refractivity contribution in [2.45, 2.75) is 12.8 Å². The van der Waals surface area contributed by atoms with Gasteiger partial charge in [-0.3, -0.25) is 4.40 Å². The van der Waals surface area contributed by atoms with Crippen molar-refractivity contribution >= 4 is 5.65 Å². The van der Waals surface area contributed by atoms with Gasteiger partial charge in [-0.1, -0.05) is 12.1 Å². The molecule has 0 radical (unpaired) electrons. The summed E-state index contributed by atoms with van der Waals surface area (Å²) in [6.07, 6.45) is -1.48. The van der Waals surface area contributed by atoms with E-state index in [1.165, 1.54) is 18.6 Å². The average Bonchev–Trinajstić information content (AvgIpc) is 2.89. The van der Waals surface area contributed by atoms with Crippen molar-refractivity contribution in [3.05, 3.63) is 54.1 Å². The quantitative estimate of drug-likeness (QED) is 0.790. The van der Waals surface area contributed by atoms with Crippen LogP contribution in [0.3, 0.4) is 0 Å². The van der Waals surface area contributed by atoms with Crippen LogP contribution in [0.5, 0.6) is 0 Å². The summed E-state index contributed by atoms with van der Waals surface area (Å²) in [5.74, 6) is 0. The molecule has 7 heteroatoms. The summed E-state index contributed by atoms with van der Waals surface area (Å²) in [7, 11) is 0. The molecule has 0 bridgehead atoms. The molecule has 1 aromatic carbocycles. The molecule has 0 fully saturated rings. The first-order valence-corrected chi connectivity index (χ1v) is 6.10. The molecule has 1 N–H and O–H groups in total. The normalized spacial score (nSPS) is 12.0. The van der Waals surface area contributed by atoms with Crippen molar-refractivity contribution in [2.24, 2.45) is 0 Å². The molecule has 108 valence electrons. The second kappa shape index (κ2) is 4.85. The molecule has 0 saturated carbocycles. The maximum atomic E-state index is 12.8. The van der Waals surface area contributed by atoms with Gasteiger partial charge in [-0.15, -0.1) is 0 Å². The molecule has 0 spiro atoms. The van der Waals surface area contributed by atoms with Crippen LogP contribution in [0.1, 0.15) is 11.3 Å². The summed E-state index contributed by atoms with van der Waals surface area (Å²) in [5.41, 5.74) is 1.01. The molecular formula is C14H10F3N3O. The fourth-order valence-corrected chi connectivity index (χ4v) is 2.15. The number of aliphatic hydroxyl groups excluding tert-OH is 1. The van der Waals surface area contributed by atoms with Gasteiger partial charge in [-0.05, 0) is 23.8 Å². The van der Waals surface area contributed by atoms with E-state index in [4.69, 9.17) is 0 Å². The standard InChI is InChI=1S/C14H10F3N3O/c15-14(16,17)10-3-1-2-9(6-10)12-4-5-18-13-11(7-21)19-8-20(12)13/h1-6,8,21H,7H2. The molecule has 2 heterocycles. The van der Waals surface area contributed by atoms with Gasteiger partial charge < -0.3 is 5.11 Å². The Bertz CT molecular complexity index is 796. The first kappa shape index (κ1) is 13.6. The molecule has 2 aromatic heterocycles. The molecule has 0 atom stereocenters. The third-order valence-electron chi connectivity index (χ3n) is 3.14. The van der Waals surface area contributed by atoms with Crippen LogP contribution in [0.25, 0.3) is 16.9 Å². The topological polar surface area (TPSA) is 50.4 Å². The fraction of sp³-hybridized carbons (Fsp3) is 0.143. The van der Waals surface area contributed by atoms with E-state index in [2.05, 4.69) is 9.97 Å². The van der Waals surface area contributed by atoms with Crippen molar-refractivity contribution in [2.75, 3.05) is 0 Å². The minimum atomic E-state index is -4.40. The highest BCUT2D eigenvalue weighted by Crippen LogP contribution is 2.32. The van der Waals surface area contributed by atoms with Gasteiger partial charge in [0.05, 0.1) is 17.9 Å². The molecule has 0 unspecified atom stereocenters. The van der Waals surface area contributed by atoms with E-state index in [1.807, 2.05) is 0 Å². The first-order chi connectivity index (χ1) is 10.0. The molecule has 0 aliphatic carbocycles. The number of fused-ring (bicyclic) bond motifs is 1. The molecule has 0 amide bonds. The smallest absolute Gasteiger partial charge is 0.390 e. The number of halogens is 3. The van der Waals surface area contributed by atoms with Gasteiger partial charge >= 0.3 is 6.18 Å². The van der Waals surface area contributed by atoms with Gasteiger partial charge in [-0.25, -0.2) is 9.97 Å². The SMILES string of the molecule is OCc1ncn2c(-c3cccc(C(F)(F)F)c3)ccnc12. The molecule has 0 saturated heterocycles. The van der Waals surface area contributed by atoms with Crippen LogP contribution in [0.15, 0.2) is 42.9 Å². The predicted molar refractivity (Wildman–Crippen MR) is 69.3 cm³/mol. The summed E-state index contributed by atoms with van der Waals surface area (Å²) in [4.78, 5) is 8.09. The second-order valence-electron chi connectivity index (χ2n) is 4.45. The molecule has 21 heavy (non-hydrogen) atoms. The highest BCUT2D eigenvalue weighted by Gasteiger charge is 2.30. The number of alkyl halides is 3. The minimum Gasteiger partial charge on any atom is -0.390 e. The Labute approximate surface area is 117 Å². The zero-order valence-corrected chi connectivity index (χ0v) is 10.7. The van der Waals surface area contributed by atoms with Crippen molar-refractivity contribution in [1.82, 2.24) is 14.4 Å². The van der Waals surface area contributed by atoms with E-state index in [0.29, 0.717) is 22.6 Å². The van der Waals surface area contributed by atoms with Crippen LogP contribution in [0.2, 0.25) is 0 Å². The van der Waals surface area contributed by atoms with Crippen LogP contribution in [0.4, 0.5) is 13.2 Å². The number of hydrogen-bond acceptors (Lipinski definition) is 3. The minimum absolute atomic E-state index is 0.282. The lowest BCUT2D eigenvalue weighted by Gasteiger charge is -2.10. The van der Waals surface area contributed by atoms with Crippen molar-refractivity contribution in [3.8, 4) is 11.3 Å². The Hall–Kier alpha value is -2.41. The zero-order valence-electron chi connectivity index (χ0n) is 10.7. The average molecular weight is 293 g/mol. The summed E-state index contributed by atoms with van der Waals surface area (Å²) in [6.45, 7) is -0.282. The van der Waals surface area contributed by atoms with Crippen LogP contribution in [-0.4, -0.2) is 19.5 Å². The number of aromatic nitrogens is 3. The number of hydrogen-bond donors (Lipinski definition) is 1. The summed E-state index contributed by atoms with van der Waals surface area (Å²) in [5, 5.41) is 9.17. The van der Waals surface area contributed by atoms with E-state index >= 15 is 0 Å².